The molecule has 0 saturated carbocycles. The Kier molecular flexibility index (Phi) is 4.83. The predicted molar refractivity (Wildman–Crippen MR) is 67.9 cm³/mol. The number of nitrogens with two attached hydrogens (primary N) is 1. The highest BCUT2D eigenvalue weighted by molar-refractivity contribution is 5.24. The van der Waals surface area contributed by atoms with Crippen molar-refractivity contribution in [1.29, 1.82) is 0 Å². The van der Waals surface area contributed by atoms with Crippen LogP contribution in [0.3, 0.4) is 0 Å². The van der Waals surface area contributed by atoms with Crippen molar-refractivity contribution in [3.8, 4) is 0 Å². The number of hydrogen-bond acceptors (Lipinski definition) is 2. The molecule has 1 aromatic carbocycles. The Morgan fingerprint density at radius 1 is 0.952 bits per heavy atom. The summed E-state index contributed by atoms with van der Waals surface area (Å²) in [6.07, 6.45) is 2.47. The van der Waals surface area contributed by atoms with E-state index < -0.39 is 34.6 Å². The van der Waals surface area contributed by atoms with E-state index >= 15 is 0 Å². The molecular weight excluding hydrogens is 291 g/mol. The second kappa shape index (κ2) is 6.27. The molecule has 1 heterocycles. The molecule has 1 aliphatic heterocycles. The first-order valence-electron chi connectivity index (χ1n) is 6.84. The maximum atomic E-state index is 13.7. The van der Waals surface area contributed by atoms with Crippen LogP contribution in [0.4, 0.5) is 22.0 Å². The Hall–Kier alpha value is -1.21. The highest BCUT2D eigenvalue weighted by Crippen LogP contribution is 2.29. The minimum absolute atomic E-state index is 0.0257. The summed E-state index contributed by atoms with van der Waals surface area (Å²) in [5, 5.41) is 0. The van der Waals surface area contributed by atoms with E-state index in [1.807, 2.05) is 6.92 Å². The molecule has 1 saturated heterocycles. The van der Waals surface area contributed by atoms with E-state index in [1.165, 1.54) is 0 Å². The maximum absolute atomic E-state index is 13.7. The molecule has 1 aliphatic rings. The molecule has 1 aromatic rings. The first-order chi connectivity index (χ1) is 9.88. The highest BCUT2D eigenvalue weighted by atomic mass is 19.2. The minimum atomic E-state index is -2.13. The fourth-order valence-electron chi connectivity index (χ4n) is 2.85. The number of halogens is 5. The fraction of sp³-hybridized carbons (Fsp3) is 0.571. The molecule has 2 nitrogen and oxygen atoms in total. The van der Waals surface area contributed by atoms with Crippen molar-refractivity contribution in [3.05, 3.63) is 34.6 Å². The van der Waals surface area contributed by atoms with E-state index in [0.717, 1.165) is 19.3 Å². The van der Waals surface area contributed by atoms with Gasteiger partial charge in [-0.2, -0.15) is 0 Å². The number of benzene rings is 1. The molecule has 118 valence electrons. The topological polar surface area (TPSA) is 29.3 Å². The summed E-state index contributed by atoms with van der Waals surface area (Å²) in [6, 6.07) is -0.147. The lowest BCUT2D eigenvalue weighted by Crippen LogP contribution is -2.48. The third kappa shape index (κ3) is 2.89. The van der Waals surface area contributed by atoms with Crippen molar-refractivity contribution in [1.82, 2.24) is 4.90 Å². The van der Waals surface area contributed by atoms with Crippen LogP contribution in [-0.2, 0) is 6.54 Å². The normalized spacial score (nSPS) is 23.6. The van der Waals surface area contributed by atoms with Crippen LogP contribution < -0.4 is 5.73 Å². The quantitative estimate of drug-likeness (QED) is 0.528. The Labute approximate surface area is 119 Å². The van der Waals surface area contributed by atoms with E-state index in [1.54, 1.807) is 4.90 Å². The van der Waals surface area contributed by atoms with Gasteiger partial charge in [0.15, 0.2) is 23.3 Å². The average Bonchev–Trinajstić information content (AvgIpc) is 2.48. The molecule has 0 spiro atoms. The summed E-state index contributed by atoms with van der Waals surface area (Å²) in [4.78, 5) is 1.71. The summed E-state index contributed by atoms with van der Waals surface area (Å²) >= 11 is 0. The zero-order valence-electron chi connectivity index (χ0n) is 11.6. The smallest absolute Gasteiger partial charge is 0.200 e. The Morgan fingerprint density at radius 3 is 2.00 bits per heavy atom. The van der Waals surface area contributed by atoms with Gasteiger partial charge < -0.3 is 5.73 Å². The second-order valence-corrected chi connectivity index (χ2v) is 5.39. The Balaban J connectivity index is 2.38. The first-order valence-corrected chi connectivity index (χ1v) is 6.84. The molecule has 2 unspecified atom stereocenters. The van der Waals surface area contributed by atoms with E-state index in [-0.39, 0.29) is 25.2 Å². The minimum Gasteiger partial charge on any atom is -0.329 e. The van der Waals surface area contributed by atoms with Crippen molar-refractivity contribution >= 4 is 0 Å². The lowest BCUT2D eigenvalue weighted by atomic mass is 9.95. The number of likely N-dealkylation sites (tertiary alicyclic amines) is 1. The van der Waals surface area contributed by atoms with Gasteiger partial charge in [-0.05, 0) is 19.8 Å². The zero-order chi connectivity index (χ0) is 15.7. The summed E-state index contributed by atoms with van der Waals surface area (Å²) < 4.78 is 67.0. The van der Waals surface area contributed by atoms with Crippen LogP contribution in [0.15, 0.2) is 0 Å². The molecule has 0 radical (unpaired) electrons. The van der Waals surface area contributed by atoms with Gasteiger partial charge in [0.05, 0.1) is 0 Å². The van der Waals surface area contributed by atoms with Gasteiger partial charge in [0.2, 0.25) is 5.82 Å². The third-order valence-corrected chi connectivity index (χ3v) is 4.11. The van der Waals surface area contributed by atoms with Crippen molar-refractivity contribution in [2.24, 2.45) is 5.73 Å². The zero-order valence-corrected chi connectivity index (χ0v) is 11.6. The van der Waals surface area contributed by atoms with Gasteiger partial charge in [-0.1, -0.05) is 6.42 Å². The summed E-state index contributed by atoms with van der Waals surface area (Å²) in [6.45, 7) is 1.79. The molecule has 21 heavy (non-hydrogen) atoms. The van der Waals surface area contributed by atoms with Gasteiger partial charge in [0.1, 0.15) is 0 Å². The summed E-state index contributed by atoms with van der Waals surface area (Å²) in [5.41, 5.74) is 4.84. The SMILES string of the molecule is CC1CCCC(CN)N1Cc1c(F)c(F)c(F)c(F)c1F. The largest absolute Gasteiger partial charge is 0.329 e. The van der Waals surface area contributed by atoms with Crippen LogP contribution in [0.25, 0.3) is 0 Å². The van der Waals surface area contributed by atoms with Gasteiger partial charge in [-0.15, -0.1) is 0 Å². The van der Waals surface area contributed by atoms with Crippen molar-refractivity contribution < 1.29 is 22.0 Å². The third-order valence-electron chi connectivity index (χ3n) is 4.11. The lowest BCUT2D eigenvalue weighted by Gasteiger charge is -2.40. The molecule has 2 N–H and O–H groups in total. The van der Waals surface area contributed by atoms with E-state index in [2.05, 4.69) is 0 Å². The summed E-state index contributed by atoms with van der Waals surface area (Å²) in [5.74, 6) is -9.47. The van der Waals surface area contributed by atoms with Crippen LogP contribution in [-0.4, -0.2) is 23.5 Å². The molecule has 1 fully saturated rings. The van der Waals surface area contributed by atoms with E-state index in [0.29, 0.717) is 0 Å². The van der Waals surface area contributed by atoms with Gasteiger partial charge in [0, 0.05) is 30.7 Å². The van der Waals surface area contributed by atoms with Gasteiger partial charge >= 0.3 is 0 Å². The average molecular weight is 308 g/mol. The monoisotopic (exact) mass is 308 g/mol. The molecule has 2 atom stereocenters. The second-order valence-electron chi connectivity index (χ2n) is 5.39. The van der Waals surface area contributed by atoms with Gasteiger partial charge in [0.25, 0.3) is 0 Å². The van der Waals surface area contributed by atoms with Crippen LogP contribution in [0, 0.1) is 29.1 Å². The fourth-order valence-corrected chi connectivity index (χ4v) is 2.85. The molecular formula is C14H17F5N2. The van der Waals surface area contributed by atoms with Crippen LogP contribution in [0.1, 0.15) is 31.7 Å². The lowest BCUT2D eigenvalue weighted by molar-refractivity contribution is 0.0857. The summed E-state index contributed by atoms with van der Waals surface area (Å²) in [7, 11) is 0. The molecule has 0 bridgehead atoms. The molecule has 0 aromatic heterocycles. The standard InChI is InChI=1S/C14H17F5N2/c1-7-3-2-4-8(5-20)21(7)6-9-10(15)12(17)14(19)13(18)11(9)16/h7-8H,2-6,20H2,1H3. The number of piperidine rings is 1. The Morgan fingerprint density at radius 2 is 1.48 bits per heavy atom. The predicted octanol–water partition coefficient (Wildman–Crippen LogP) is 3.08. The highest BCUT2D eigenvalue weighted by Gasteiger charge is 2.32. The number of nitrogens with zero attached hydrogens (tertiary/aromatic N) is 1. The van der Waals surface area contributed by atoms with E-state index in [9.17, 15) is 22.0 Å². The number of rotatable bonds is 3. The maximum Gasteiger partial charge on any atom is 0.200 e. The van der Waals surface area contributed by atoms with Gasteiger partial charge in [-0.3, -0.25) is 4.90 Å². The molecule has 0 amide bonds. The molecule has 2 rings (SSSR count). The van der Waals surface area contributed by atoms with Gasteiger partial charge in [-0.25, -0.2) is 22.0 Å². The number of hydrogen-bond donors (Lipinski definition) is 1. The van der Waals surface area contributed by atoms with E-state index in [4.69, 9.17) is 5.73 Å². The Bertz CT molecular complexity index is 506. The molecule has 7 heteroatoms. The first kappa shape index (κ1) is 16.2. The van der Waals surface area contributed by atoms with Crippen LogP contribution >= 0.6 is 0 Å². The van der Waals surface area contributed by atoms with Crippen molar-refractivity contribution in [2.45, 2.75) is 44.8 Å². The van der Waals surface area contributed by atoms with Crippen LogP contribution in [0.2, 0.25) is 0 Å². The molecule has 0 aliphatic carbocycles. The van der Waals surface area contributed by atoms with Crippen molar-refractivity contribution in [2.75, 3.05) is 6.54 Å². The van der Waals surface area contributed by atoms with Crippen molar-refractivity contribution in [3.63, 3.8) is 0 Å². The van der Waals surface area contributed by atoms with Crippen LogP contribution in [0.5, 0.6) is 0 Å².